The van der Waals surface area contributed by atoms with Crippen molar-refractivity contribution >= 4 is 17.5 Å². The minimum Gasteiger partial charge on any atom is -0.477 e. The van der Waals surface area contributed by atoms with Gasteiger partial charge in [-0.2, -0.15) is 0 Å². The minimum absolute atomic E-state index is 0.0491. The van der Waals surface area contributed by atoms with Gasteiger partial charge in [-0.3, -0.25) is 0 Å². The molecule has 2 heterocycles. The quantitative estimate of drug-likeness (QED) is 0.884. The van der Waals surface area contributed by atoms with E-state index in [1.807, 2.05) is 0 Å². The number of pyridine rings is 1. The average molecular weight is 311 g/mol. The molecule has 1 aromatic carbocycles. The summed E-state index contributed by atoms with van der Waals surface area (Å²) in [6, 6.07) is 13.5. The molecule has 1 saturated heterocycles. The summed E-state index contributed by atoms with van der Waals surface area (Å²) in [6.07, 6.45) is 2.51. The maximum Gasteiger partial charge on any atom is 0.354 e. The van der Waals surface area contributed by atoms with Crippen LogP contribution in [0.2, 0.25) is 0 Å². The number of aromatic nitrogens is 1. The van der Waals surface area contributed by atoms with Crippen LogP contribution in [0.5, 0.6) is 0 Å². The van der Waals surface area contributed by atoms with Crippen molar-refractivity contribution in [2.75, 3.05) is 23.3 Å². The monoisotopic (exact) mass is 311 g/mol. The first kappa shape index (κ1) is 15.3. The van der Waals surface area contributed by atoms with Gasteiger partial charge in [-0.05, 0) is 49.6 Å². The Balaban J connectivity index is 1.75. The molecule has 23 heavy (non-hydrogen) atoms. The van der Waals surface area contributed by atoms with Gasteiger partial charge in [-0.15, -0.1) is 0 Å². The number of nitrogens with zero attached hydrogens (tertiary/aromatic N) is 2. The molecule has 3 rings (SSSR count). The summed E-state index contributed by atoms with van der Waals surface area (Å²) >= 11 is 0. The van der Waals surface area contributed by atoms with Crippen molar-refractivity contribution in [1.82, 2.24) is 4.98 Å². The van der Waals surface area contributed by atoms with Gasteiger partial charge >= 0.3 is 5.97 Å². The highest BCUT2D eigenvalue weighted by Crippen LogP contribution is 2.25. The van der Waals surface area contributed by atoms with E-state index in [2.05, 4.69) is 46.4 Å². The van der Waals surface area contributed by atoms with Crippen LogP contribution < -0.4 is 10.2 Å². The smallest absolute Gasteiger partial charge is 0.354 e. The molecule has 0 saturated carbocycles. The fraction of sp³-hybridized carbons (Fsp3) is 0.333. The topological polar surface area (TPSA) is 65.5 Å². The third kappa shape index (κ3) is 3.62. The number of benzene rings is 1. The molecular formula is C18H21N3O2. The van der Waals surface area contributed by atoms with Crippen LogP contribution in [0.15, 0.2) is 42.5 Å². The Morgan fingerprint density at radius 1 is 1.22 bits per heavy atom. The van der Waals surface area contributed by atoms with Gasteiger partial charge < -0.3 is 15.3 Å². The number of hydrogen-bond acceptors (Lipinski definition) is 4. The van der Waals surface area contributed by atoms with Crippen LogP contribution in [0.25, 0.3) is 0 Å². The molecule has 1 atom stereocenters. The minimum atomic E-state index is -1.02. The van der Waals surface area contributed by atoms with Gasteiger partial charge in [0.25, 0.3) is 0 Å². The summed E-state index contributed by atoms with van der Waals surface area (Å²) < 4.78 is 0. The van der Waals surface area contributed by atoms with Gasteiger partial charge in [0.1, 0.15) is 5.82 Å². The van der Waals surface area contributed by atoms with Gasteiger partial charge in [-0.1, -0.05) is 18.2 Å². The van der Waals surface area contributed by atoms with Crippen LogP contribution in [0, 0.1) is 0 Å². The zero-order valence-corrected chi connectivity index (χ0v) is 13.2. The number of aromatic carboxylic acids is 1. The predicted octanol–water partition coefficient (Wildman–Crippen LogP) is 3.55. The van der Waals surface area contributed by atoms with Crippen LogP contribution in [0.3, 0.4) is 0 Å². The van der Waals surface area contributed by atoms with E-state index in [9.17, 15) is 4.79 Å². The Bertz CT molecular complexity index is 696. The second kappa shape index (κ2) is 6.69. The lowest BCUT2D eigenvalue weighted by Gasteiger charge is -2.21. The fourth-order valence-corrected chi connectivity index (χ4v) is 2.91. The van der Waals surface area contributed by atoms with Crippen molar-refractivity contribution in [1.29, 1.82) is 0 Å². The first-order valence-corrected chi connectivity index (χ1v) is 7.95. The summed E-state index contributed by atoms with van der Waals surface area (Å²) in [5.41, 5.74) is 2.46. The van der Waals surface area contributed by atoms with Crippen LogP contribution in [-0.2, 0) is 0 Å². The standard InChI is InChI=1S/C18H21N3O2/c1-13(19-17-9-5-8-16(20-17)18(22)23)14-6-4-7-15(12-14)21-10-2-3-11-21/h4-9,12-13H,2-3,10-11H2,1H3,(H,19,20)(H,22,23). The number of hydrogen-bond donors (Lipinski definition) is 2. The summed E-state index contributed by atoms with van der Waals surface area (Å²) in [4.78, 5) is 17.5. The summed E-state index contributed by atoms with van der Waals surface area (Å²) in [5, 5.41) is 12.3. The molecule has 0 amide bonds. The van der Waals surface area contributed by atoms with E-state index in [-0.39, 0.29) is 11.7 Å². The lowest BCUT2D eigenvalue weighted by atomic mass is 10.1. The molecule has 1 aliphatic rings. The highest BCUT2D eigenvalue weighted by molar-refractivity contribution is 5.85. The number of rotatable bonds is 5. The van der Waals surface area contributed by atoms with Gasteiger partial charge in [0, 0.05) is 18.8 Å². The summed E-state index contributed by atoms with van der Waals surface area (Å²) in [5.74, 6) is -0.443. The van der Waals surface area contributed by atoms with Gasteiger partial charge in [0.15, 0.2) is 5.69 Å². The van der Waals surface area contributed by atoms with Crippen molar-refractivity contribution in [2.45, 2.75) is 25.8 Å². The second-order valence-corrected chi connectivity index (χ2v) is 5.87. The molecule has 1 unspecified atom stereocenters. The molecule has 120 valence electrons. The third-order valence-corrected chi connectivity index (χ3v) is 4.17. The molecule has 2 aromatic rings. The largest absolute Gasteiger partial charge is 0.477 e. The molecule has 0 radical (unpaired) electrons. The maximum absolute atomic E-state index is 11.0. The van der Waals surface area contributed by atoms with Crippen molar-refractivity contribution in [3.63, 3.8) is 0 Å². The molecular weight excluding hydrogens is 290 g/mol. The van der Waals surface area contributed by atoms with E-state index in [0.29, 0.717) is 5.82 Å². The first-order chi connectivity index (χ1) is 11.1. The highest BCUT2D eigenvalue weighted by Gasteiger charge is 2.14. The number of anilines is 2. The number of nitrogens with one attached hydrogen (secondary N) is 1. The van der Waals surface area contributed by atoms with Crippen LogP contribution in [-0.4, -0.2) is 29.1 Å². The van der Waals surface area contributed by atoms with E-state index in [0.717, 1.165) is 18.7 Å². The Morgan fingerprint density at radius 3 is 2.70 bits per heavy atom. The van der Waals surface area contributed by atoms with Crippen molar-refractivity contribution in [3.8, 4) is 0 Å². The van der Waals surface area contributed by atoms with E-state index in [1.54, 1.807) is 12.1 Å². The van der Waals surface area contributed by atoms with E-state index in [1.165, 1.54) is 24.6 Å². The highest BCUT2D eigenvalue weighted by atomic mass is 16.4. The number of carboxylic acid groups (broad SMARTS) is 1. The van der Waals surface area contributed by atoms with Crippen molar-refractivity contribution < 1.29 is 9.90 Å². The Hall–Kier alpha value is -2.56. The van der Waals surface area contributed by atoms with Crippen LogP contribution in [0.4, 0.5) is 11.5 Å². The second-order valence-electron chi connectivity index (χ2n) is 5.87. The number of carbonyl (C=O) groups is 1. The molecule has 0 spiro atoms. The van der Waals surface area contributed by atoms with Gasteiger partial charge in [-0.25, -0.2) is 9.78 Å². The lowest BCUT2D eigenvalue weighted by molar-refractivity contribution is 0.0690. The Labute approximate surface area is 136 Å². The maximum atomic E-state index is 11.0. The van der Waals surface area contributed by atoms with E-state index < -0.39 is 5.97 Å². The lowest BCUT2D eigenvalue weighted by Crippen LogP contribution is -2.18. The SMILES string of the molecule is CC(Nc1cccc(C(=O)O)n1)c1cccc(N2CCCC2)c1. The van der Waals surface area contributed by atoms with Crippen LogP contribution in [0.1, 0.15) is 41.9 Å². The van der Waals surface area contributed by atoms with Crippen molar-refractivity contribution in [2.24, 2.45) is 0 Å². The van der Waals surface area contributed by atoms with E-state index >= 15 is 0 Å². The molecule has 5 nitrogen and oxygen atoms in total. The molecule has 1 aliphatic heterocycles. The zero-order chi connectivity index (χ0) is 16.2. The van der Waals surface area contributed by atoms with Gasteiger partial charge in [0.05, 0.1) is 6.04 Å². The Morgan fingerprint density at radius 2 is 1.96 bits per heavy atom. The fourth-order valence-electron chi connectivity index (χ4n) is 2.91. The zero-order valence-electron chi connectivity index (χ0n) is 13.2. The summed E-state index contributed by atoms with van der Waals surface area (Å²) in [6.45, 7) is 4.29. The predicted molar refractivity (Wildman–Crippen MR) is 91.1 cm³/mol. The summed E-state index contributed by atoms with van der Waals surface area (Å²) in [7, 11) is 0. The Kier molecular flexibility index (Phi) is 4.46. The molecule has 1 fully saturated rings. The van der Waals surface area contributed by atoms with Crippen LogP contribution >= 0.6 is 0 Å². The average Bonchev–Trinajstić information content (AvgIpc) is 3.10. The molecule has 2 N–H and O–H groups in total. The normalized spacial score (nSPS) is 15.4. The van der Waals surface area contributed by atoms with Crippen molar-refractivity contribution in [3.05, 3.63) is 53.7 Å². The third-order valence-electron chi connectivity index (χ3n) is 4.17. The first-order valence-electron chi connectivity index (χ1n) is 7.95. The molecule has 0 bridgehead atoms. The molecule has 1 aromatic heterocycles. The van der Waals surface area contributed by atoms with E-state index in [4.69, 9.17) is 5.11 Å². The molecule has 0 aliphatic carbocycles. The van der Waals surface area contributed by atoms with Gasteiger partial charge in [0.2, 0.25) is 0 Å². The number of carboxylic acids is 1. The molecule has 5 heteroatoms.